The summed E-state index contributed by atoms with van der Waals surface area (Å²) in [5.74, 6) is 1.49. The van der Waals surface area contributed by atoms with Crippen LogP contribution in [-0.2, 0) is 4.79 Å². The van der Waals surface area contributed by atoms with Gasteiger partial charge in [0.05, 0.1) is 26.8 Å². The number of likely N-dealkylation sites (tertiary alicyclic amines) is 1. The molecular weight excluding hydrogens is 397 g/mol. The van der Waals surface area contributed by atoms with Crippen molar-refractivity contribution in [3.63, 3.8) is 0 Å². The number of carbonyl (C=O) groups is 1. The summed E-state index contributed by atoms with van der Waals surface area (Å²) in [7, 11) is 3.31. The van der Waals surface area contributed by atoms with Crippen molar-refractivity contribution in [1.29, 1.82) is 0 Å². The zero-order valence-corrected chi connectivity index (χ0v) is 18.2. The molecule has 0 aliphatic carbocycles. The molecule has 0 saturated carbocycles. The van der Waals surface area contributed by atoms with E-state index in [9.17, 15) is 9.18 Å². The fourth-order valence-electron chi connectivity index (χ4n) is 4.59. The third-order valence-electron chi connectivity index (χ3n) is 6.29. The lowest BCUT2D eigenvalue weighted by Crippen LogP contribution is -2.50. The molecule has 0 N–H and O–H groups in total. The topological polar surface area (TPSA) is 45.3 Å². The van der Waals surface area contributed by atoms with Crippen LogP contribution in [0.2, 0.25) is 0 Å². The predicted octanol–water partition coefficient (Wildman–Crippen LogP) is 3.33. The van der Waals surface area contributed by atoms with Crippen LogP contribution in [0.3, 0.4) is 0 Å². The van der Waals surface area contributed by atoms with Gasteiger partial charge < -0.3 is 19.3 Å². The normalized spacial score (nSPS) is 19.5. The maximum atomic E-state index is 13.2. The molecule has 7 heteroatoms. The summed E-state index contributed by atoms with van der Waals surface area (Å²) in [6.07, 6.45) is 1.91. The monoisotopic (exact) mass is 427 g/mol. The number of benzene rings is 2. The van der Waals surface area contributed by atoms with E-state index in [0.717, 1.165) is 68.3 Å². The van der Waals surface area contributed by atoms with Crippen LogP contribution in [0.15, 0.2) is 42.5 Å². The van der Waals surface area contributed by atoms with Gasteiger partial charge in [0.1, 0.15) is 17.3 Å². The molecule has 2 fully saturated rings. The molecule has 2 aromatic rings. The van der Waals surface area contributed by atoms with E-state index < -0.39 is 0 Å². The number of halogens is 1. The van der Waals surface area contributed by atoms with Crippen LogP contribution in [0.5, 0.6) is 11.5 Å². The molecule has 6 nitrogen and oxygen atoms in total. The second kappa shape index (κ2) is 9.56. The van der Waals surface area contributed by atoms with Crippen molar-refractivity contribution < 1.29 is 18.7 Å². The van der Waals surface area contributed by atoms with Crippen molar-refractivity contribution in [3.8, 4) is 11.5 Å². The molecule has 0 aromatic heterocycles. The van der Waals surface area contributed by atoms with Crippen molar-refractivity contribution >= 4 is 11.6 Å². The van der Waals surface area contributed by atoms with Gasteiger partial charge >= 0.3 is 0 Å². The molecule has 0 bridgehead atoms. The Bertz CT molecular complexity index is 897. The van der Waals surface area contributed by atoms with Crippen molar-refractivity contribution in [2.75, 3.05) is 58.4 Å². The molecule has 31 heavy (non-hydrogen) atoms. The number of ether oxygens (including phenoxy) is 2. The van der Waals surface area contributed by atoms with E-state index in [1.165, 1.54) is 12.1 Å². The SMILES string of the molecule is COc1ccc(OC)c([C@H]2CCCN2C(=O)CN2CCN(c3ccc(F)cc3)CC2)c1. The van der Waals surface area contributed by atoms with Gasteiger partial charge in [0.15, 0.2) is 0 Å². The third-order valence-corrected chi connectivity index (χ3v) is 6.29. The highest BCUT2D eigenvalue weighted by Gasteiger charge is 2.33. The highest BCUT2D eigenvalue weighted by molar-refractivity contribution is 5.79. The van der Waals surface area contributed by atoms with Gasteiger partial charge in [0.25, 0.3) is 0 Å². The van der Waals surface area contributed by atoms with Gasteiger partial charge in [-0.15, -0.1) is 0 Å². The van der Waals surface area contributed by atoms with Crippen LogP contribution < -0.4 is 14.4 Å². The molecule has 0 radical (unpaired) electrons. The molecular formula is C24H30FN3O3. The maximum Gasteiger partial charge on any atom is 0.237 e. The molecule has 2 aromatic carbocycles. The predicted molar refractivity (Wildman–Crippen MR) is 118 cm³/mol. The van der Waals surface area contributed by atoms with Gasteiger partial charge in [-0.2, -0.15) is 0 Å². The molecule has 0 unspecified atom stereocenters. The van der Waals surface area contributed by atoms with Gasteiger partial charge in [-0.25, -0.2) is 4.39 Å². The first-order chi connectivity index (χ1) is 15.1. The maximum absolute atomic E-state index is 13.2. The number of hydrogen-bond acceptors (Lipinski definition) is 5. The Kier molecular flexibility index (Phi) is 6.61. The van der Waals surface area contributed by atoms with Crippen LogP contribution >= 0.6 is 0 Å². The number of rotatable bonds is 6. The van der Waals surface area contributed by atoms with E-state index in [1.54, 1.807) is 14.2 Å². The lowest BCUT2D eigenvalue weighted by molar-refractivity contribution is -0.133. The summed E-state index contributed by atoms with van der Waals surface area (Å²) in [4.78, 5) is 19.6. The summed E-state index contributed by atoms with van der Waals surface area (Å²) in [5, 5.41) is 0. The van der Waals surface area contributed by atoms with Crippen LogP contribution in [0, 0.1) is 5.82 Å². The quantitative estimate of drug-likeness (QED) is 0.708. The van der Waals surface area contributed by atoms with Crippen molar-refractivity contribution in [3.05, 3.63) is 53.8 Å². The molecule has 0 spiro atoms. The van der Waals surface area contributed by atoms with E-state index in [2.05, 4.69) is 9.80 Å². The number of hydrogen-bond donors (Lipinski definition) is 0. The Morgan fingerprint density at radius 2 is 1.74 bits per heavy atom. The molecule has 4 rings (SSSR count). The number of amides is 1. The largest absolute Gasteiger partial charge is 0.497 e. The van der Waals surface area contributed by atoms with Gasteiger partial charge in [-0.1, -0.05) is 0 Å². The van der Waals surface area contributed by atoms with E-state index in [-0.39, 0.29) is 17.8 Å². The first-order valence-electron chi connectivity index (χ1n) is 10.8. The molecule has 2 heterocycles. The summed E-state index contributed by atoms with van der Waals surface area (Å²) in [5.41, 5.74) is 2.03. The Balaban J connectivity index is 1.38. The Morgan fingerprint density at radius 3 is 2.42 bits per heavy atom. The Hall–Kier alpha value is -2.80. The standard InChI is InChI=1S/C24H30FN3O3/c1-30-20-9-10-23(31-2)21(16-20)22-4-3-11-28(22)24(29)17-26-12-14-27(15-13-26)19-7-5-18(25)6-8-19/h5-10,16,22H,3-4,11-15,17H2,1-2H3/t22-/m1/s1. The molecule has 166 valence electrons. The molecule has 1 atom stereocenters. The van der Waals surface area contributed by atoms with Crippen molar-refractivity contribution in [2.45, 2.75) is 18.9 Å². The number of anilines is 1. The highest BCUT2D eigenvalue weighted by Crippen LogP contribution is 2.39. The van der Waals surface area contributed by atoms with E-state index in [4.69, 9.17) is 9.47 Å². The smallest absolute Gasteiger partial charge is 0.237 e. The van der Waals surface area contributed by atoms with Crippen LogP contribution in [0.25, 0.3) is 0 Å². The van der Waals surface area contributed by atoms with Crippen LogP contribution in [-0.4, -0.2) is 69.2 Å². The minimum absolute atomic E-state index is 0.0121. The average molecular weight is 428 g/mol. The minimum Gasteiger partial charge on any atom is -0.497 e. The van der Waals surface area contributed by atoms with Gasteiger partial charge in [-0.05, 0) is 55.3 Å². The minimum atomic E-state index is -0.221. The second-order valence-corrected chi connectivity index (χ2v) is 8.09. The lowest BCUT2D eigenvalue weighted by atomic mass is 10.0. The van der Waals surface area contributed by atoms with Gasteiger partial charge in [0.2, 0.25) is 5.91 Å². The van der Waals surface area contributed by atoms with Crippen molar-refractivity contribution in [2.24, 2.45) is 0 Å². The Labute approximate surface area is 183 Å². The summed E-state index contributed by atoms with van der Waals surface area (Å²) < 4.78 is 24.1. The van der Waals surface area contributed by atoms with E-state index in [1.807, 2.05) is 35.2 Å². The van der Waals surface area contributed by atoms with Gasteiger partial charge in [0, 0.05) is 44.0 Å². The average Bonchev–Trinajstić information content (AvgIpc) is 3.30. The molecule has 1 amide bonds. The molecule has 2 saturated heterocycles. The number of methoxy groups -OCH3 is 2. The van der Waals surface area contributed by atoms with Crippen LogP contribution in [0.1, 0.15) is 24.4 Å². The van der Waals surface area contributed by atoms with Crippen LogP contribution in [0.4, 0.5) is 10.1 Å². The second-order valence-electron chi connectivity index (χ2n) is 8.09. The van der Waals surface area contributed by atoms with E-state index in [0.29, 0.717) is 6.54 Å². The first kappa shape index (κ1) is 21.4. The zero-order valence-electron chi connectivity index (χ0n) is 18.2. The fourth-order valence-corrected chi connectivity index (χ4v) is 4.59. The number of carbonyl (C=O) groups excluding carboxylic acids is 1. The third kappa shape index (κ3) is 4.77. The highest BCUT2D eigenvalue weighted by atomic mass is 19.1. The molecule has 2 aliphatic heterocycles. The van der Waals surface area contributed by atoms with Crippen molar-refractivity contribution in [1.82, 2.24) is 9.80 Å². The van der Waals surface area contributed by atoms with Gasteiger partial charge in [-0.3, -0.25) is 9.69 Å². The summed E-state index contributed by atoms with van der Waals surface area (Å²) in [6.45, 7) is 4.45. The Morgan fingerprint density at radius 1 is 1.00 bits per heavy atom. The number of piperazine rings is 1. The summed E-state index contributed by atoms with van der Waals surface area (Å²) >= 11 is 0. The first-order valence-corrected chi connectivity index (χ1v) is 10.8. The zero-order chi connectivity index (χ0) is 21.8. The summed E-state index contributed by atoms with van der Waals surface area (Å²) in [6, 6.07) is 12.4. The molecule has 2 aliphatic rings. The fraction of sp³-hybridized carbons (Fsp3) is 0.458. The van der Waals surface area contributed by atoms with E-state index >= 15 is 0 Å². The lowest BCUT2D eigenvalue weighted by Gasteiger charge is -2.37. The number of nitrogens with zero attached hydrogens (tertiary/aromatic N) is 3.